The van der Waals surface area contributed by atoms with E-state index in [0.29, 0.717) is 6.54 Å². The van der Waals surface area contributed by atoms with Gasteiger partial charge in [0.25, 0.3) is 0 Å². The van der Waals surface area contributed by atoms with Gasteiger partial charge in [0, 0.05) is 23.6 Å². The Bertz CT molecular complexity index is 585. The molecule has 0 fully saturated rings. The third kappa shape index (κ3) is 2.28. The summed E-state index contributed by atoms with van der Waals surface area (Å²) < 4.78 is 5.65. The molecule has 4 nitrogen and oxygen atoms in total. The van der Waals surface area contributed by atoms with Crippen LogP contribution < -0.4 is 10.1 Å². The van der Waals surface area contributed by atoms with Crippen molar-refractivity contribution in [2.24, 2.45) is 0 Å². The van der Waals surface area contributed by atoms with E-state index in [1.165, 1.54) is 16.9 Å². The van der Waals surface area contributed by atoms with Crippen molar-refractivity contribution in [2.45, 2.75) is 19.9 Å². The fourth-order valence-corrected chi connectivity index (χ4v) is 2.87. The fraction of sp³-hybridized carbons (Fsp3) is 0.333. The lowest BCUT2D eigenvalue weighted by Crippen LogP contribution is -2.01. The van der Waals surface area contributed by atoms with Gasteiger partial charge in [0.1, 0.15) is 10.8 Å². The number of halogens is 1. The predicted octanol–water partition coefficient (Wildman–Crippen LogP) is 3.05. The van der Waals surface area contributed by atoms with Crippen molar-refractivity contribution in [1.29, 1.82) is 0 Å². The number of rotatable bonds is 3. The number of nitrogens with zero attached hydrogens (tertiary/aromatic N) is 2. The van der Waals surface area contributed by atoms with E-state index < -0.39 is 0 Å². The van der Waals surface area contributed by atoms with E-state index in [-0.39, 0.29) is 0 Å². The Morgan fingerprint density at radius 2 is 2.33 bits per heavy atom. The van der Waals surface area contributed by atoms with Crippen molar-refractivity contribution in [3.63, 3.8) is 0 Å². The summed E-state index contributed by atoms with van der Waals surface area (Å²) in [6.07, 6.45) is 0.931. The highest BCUT2D eigenvalue weighted by Gasteiger charge is 2.17. The van der Waals surface area contributed by atoms with Crippen LogP contribution >= 0.6 is 22.9 Å². The van der Waals surface area contributed by atoms with Gasteiger partial charge in [0.15, 0.2) is 0 Å². The largest absolute Gasteiger partial charge is 0.493 e. The SMILES string of the molecule is Cc1nnc(NCc2cc(Cl)cc3c2OCC3)s1. The number of hydrogen-bond donors (Lipinski definition) is 1. The van der Waals surface area contributed by atoms with Crippen LogP contribution in [0.15, 0.2) is 12.1 Å². The molecule has 1 N–H and O–H groups in total. The second kappa shape index (κ2) is 4.74. The molecule has 0 amide bonds. The lowest BCUT2D eigenvalue weighted by Gasteiger charge is -2.09. The highest BCUT2D eigenvalue weighted by molar-refractivity contribution is 7.15. The van der Waals surface area contributed by atoms with Crippen LogP contribution in [-0.2, 0) is 13.0 Å². The van der Waals surface area contributed by atoms with Crippen LogP contribution in [0.5, 0.6) is 5.75 Å². The molecule has 3 rings (SSSR count). The average Bonchev–Trinajstić information content (AvgIpc) is 2.94. The summed E-state index contributed by atoms with van der Waals surface area (Å²) in [5.74, 6) is 0.966. The quantitative estimate of drug-likeness (QED) is 0.939. The molecule has 0 saturated heterocycles. The van der Waals surface area contributed by atoms with Crippen molar-refractivity contribution >= 4 is 28.1 Å². The highest BCUT2D eigenvalue weighted by atomic mass is 35.5. The first-order valence-corrected chi connectivity index (χ1v) is 6.90. The minimum Gasteiger partial charge on any atom is -0.493 e. The maximum atomic E-state index is 6.11. The molecular weight excluding hydrogens is 270 g/mol. The van der Waals surface area contributed by atoms with E-state index in [4.69, 9.17) is 16.3 Å². The molecule has 1 aromatic heterocycles. The zero-order valence-corrected chi connectivity index (χ0v) is 11.4. The van der Waals surface area contributed by atoms with Crippen molar-refractivity contribution in [2.75, 3.05) is 11.9 Å². The third-order valence-electron chi connectivity index (χ3n) is 2.78. The molecular formula is C12H12ClN3OS. The molecule has 1 aliphatic heterocycles. The highest BCUT2D eigenvalue weighted by Crippen LogP contribution is 2.33. The van der Waals surface area contributed by atoms with Crippen LogP contribution in [0.1, 0.15) is 16.1 Å². The Labute approximate surface area is 114 Å². The molecule has 0 spiro atoms. The van der Waals surface area contributed by atoms with Gasteiger partial charge < -0.3 is 10.1 Å². The van der Waals surface area contributed by atoms with Gasteiger partial charge in [-0.1, -0.05) is 22.9 Å². The number of ether oxygens (including phenoxy) is 1. The van der Waals surface area contributed by atoms with E-state index >= 15 is 0 Å². The van der Waals surface area contributed by atoms with Gasteiger partial charge in [-0.2, -0.15) is 0 Å². The van der Waals surface area contributed by atoms with Crippen molar-refractivity contribution in [3.8, 4) is 5.75 Å². The van der Waals surface area contributed by atoms with Crippen LogP contribution in [0.2, 0.25) is 5.02 Å². The van der Waals surface area contributed by atoms with E-state index in [0.717, 1.165) is 39.5 Å². The van der Waals surface area contributed by atoms with Crippen molar-refractivity contribution in [1.82, 2.24) is 10.2 Å². The van der Waals surface area contributed by atoms with Crippen LogP contribution in [0.4, 0.5) is 5.13 Å². The first-order chi connectivity index (χ1) is 8.72. The molecule has 0 unspecified atom stereocenters. The Kier molecular flexibility index (Phi) is 3.09. The second-order valence-corrected chi connectivity index (χ2v) is 5.75. The summed E-state index contributed by atoms with van der Waals surface area (Å²) in [6, 6.07) is 3.91. The minimum absolute atomic E-state index is 0.650. The summed E-state index contributed by atoms with van der Waals surface area (Å²) in [5, 5.41) is 13.8. The molecule has 94 valence electrons. The normalized spacial score (nSPS) is 13.2. The maximum Gasteiger partial charge on any atom is 0.205 e. The number of anilines is 1. The molecule has 0 atom stereocenters. The van der Waals surface area contributed by atoms with Crippen molar-refractivity contribution in [3.05, 3.63) is 33.3 Å². The summed E-state index contributed by atoms with van der Waals surface area (Å²) in [5.41, 5.74) is 2.26. The minimum atomic E-state index is 0.650. The first-order valence-electron chi connectivity index (χ1n) is 5.70. The van der Waals surface area contributed by atoms with Crippen molar-refractivity contribution < 1.29 is 4.74 Å². The standard InChI is InChI=1S/C12H12ClN3OS/c1-7-15-16-12(18-7)14-6-9-5-10(13)4-8-2-3-17-11(8)9/h4-5H,2-3,6H2,1H3,(H,14,16). The van der Waals surface area contributed by atoms with Gasteiger partial charge in [-0.25, -0.2) is 0 Å². The maximum absolute atomic E-state index is 6.11. The molecule has 1 aromatic carbocycles. The summed E-state index contributed by atoms with van der Waals surface area (Å²) >= 11 is 7.64. The van der Waals surface area contributed by atoms with Gasteiger partial charge in [0.05, 0.1) is 6.61 Å². The van der Waals surface area contributed by atoms with E-state index in [2.05, 4.69) is 15.5 Å². The molecule has 2 heterocycles. The van der Waals surface area contributed by atoms with Gasteiger partial charge in [-0.3, -0.25) is 0 Å². The Morgan fingerprint density at radius 3 is 3.11 bits per heavy atom. The zero-order chi connectivity index (χ0) is 12.5. The van der Waals surface area contributed by atoms with Gasteiger partial charge in [-0.15, -0.1) is 10.2 Å². The number of fused-ring (bicyclic) bond motifs is 1. The van der Waals surface area contributed by atoms with E-state index in [1.807, 2.05) is 19.1 Å². The van der Waals surface area contributed by atoms with Gasteiger partial charge >= 0.3 is 0 Å². The Balaban J connectivity index is 1.80. The molecule has 6 heteroatoms. The number of benzene rings is 1. The molecule has 0 saturated carbocycles. The van der Waals surface area contributed by atoms with Crippen LogP contribution in [-0.4, -0.2) is 16.8 Å². The first kappa shape index (κ1) is 11.7. The molecule has 18 heavy (non-hydrogen) atoms. The summed E-state index contributed by atoms with van der Waals surface area (Å²) in [7, 11) is 0. The molecule has 2 aromatic rings. The number of aromatic nitrogens is 2. The van der Waals surface area contributed by atoms with E-state index in [1.54, 1.807) is 0 Å². The number of aryl methyl sites for hydroxylation is 1. The smallest absolute Gasteiger partial charge is 0.205 e. The third-order valence-corrected chi connectivity index (χ3v) is 3.80. The zero-order valence-electron chi connectivity index (χ0n) is 9.86. The van der Waals surface area contributed by atoms with Crippen LogP contribution in [0.3, 0.4) is 0 Å². The molecule has 0 radical (unpaired) electrons. The lowest BCUT2D eigenvalue weighted by molar-refractivity contribution is 0.354. The molecule has 0 aliphatic carbocycles. The Morgan fingerprint density at radius 1 is 1.44 bits per heavy atom. The Hall–Kier alpha value is -1.33. The fourth-order valence-electron chi connectivity index (χ4n) is 2.02. The van der Waals surface area contributed by atoms with Crippen LogP contribution in [0, 0.1) is 6.92 Å². The lowest BCUT2D eigenvalue weighted by atomic mass is 10.1. The predicted molar refractivity (Wildman–Crippen MR) is 72.6 cm³/mol. The second-order valence-electron chi connectivity index (χ2n) is 4.13. The average molecular weight is 282 g/mol. The van der Waals surface area contributed by atoms with Crippen LogP contribution in [0.25, 0.3) is 0 Å². The monoisotopic (exact) mass is 281 g/mol. The number of hydrogen-bond acceptors (Lipinski definition) is 5. The molecule has 1 aliphatic rings. The van der Waals surface area contributed by atoms with Gasteiger partial charge in [-0.05, 0) is 24.6 Å². The number of nitrogens with one attached hydrogen (secondary N) is 1. The van der Waals surface area contributed by atoms with Gasteiger partial charge in [0.2, 0.25) is 5.13 Å². The summed E-state index contributed by atoms with van der Waals surface area (Å²) in [4.78, 5) is 0. The topological polar surface area (TPSA) is 47.0 Å². The van der Waals surface area contributed by atoms with E-state index in [9.17, 15) is 0 Å². The summed E-state index contributed by atoms with van der Waals surface area (Å²) in [6.45, 7) is 3.32. The molecule has 0 bridgehead atoms.